The van der Waals surface area contributed by atoms with Crippen molar-refractivity contribution in [3.8, 4) is 0 Å². The van der Waals surface area contributed by atoms with Gasteiger partial charge in [0, 0.05) is 6.54 Å². The van der Waals surface area contributed by atoms with Crippen molar-refractivity contribution in [2.45, 2.75) is 39.2 Å². The van der Waals surface area contributed by atoms with Gasteiger partial charge in [0.2, 0.25) is 5.91 Å². The van der Waals surface area contributed by atoms with Gasteiger partial charge in [0.25, 0.3) is 0 Å². The molecule has 1 aromatic carbocycles. The van der Waals surface area contributed by atoms with Crippen LogP contribution in [0.4, 0.5) is 0 Å². The molecule has 1 amide bonds. The van der Waals surface area contributed by atoms with Crippen molar-refractivity contribution in [3.63, 3.8) is 0 Å². The zero-order chi connectivity index (χ0) is 13.5. The summed E-state index contributed by atoms with van der Waals surface area (Å²) in [6.45, 7) is 4.68. The molecule has 4 heteroatoms. The number of hydrogen-bond donors (Lipinski definition) is 2. The summed E-state index contributed by atoms with van der Waals surface area (Å²) in [4.78, 5) is 21.5. The number of benzene rings is 1. The fourth-order valence-corrected chi connectivity index (χ4v) is 1.60. The molecular formula is C14H19NO3. The summed E-state index contributed by atoms with van der Waals surface area (Å²) in [7, 11) is 0. The summed E-state index contributed by atoms with van der Waals surface area (Å²) in [5, 5.41) is 11.0. The quantitative estimate of drug-likeness (QED) is 0.760. The molecule has 0 heterocycles. The van der Waals surface area contributed by atoms with Crippen LogP contribution in [0.5, 0.6) is 0 Å². The predicted octanol–water partition coefficient (Wildman–Crippen LogP) is 2.29. The summed E-state index contributed by atoms with van der Waals surface area (Å²) in [6.07, 6.45) is 0.611. The van der Waals surface area contributed by atoms with Gasteiger partial charge in [-0.1, -0.05) is 38.1 Å². The van der Waals surface area contributed by atoms with Gasteiger partial charge in [0.1, 0.15) is 6.42 Å². The van der Waals surface area contributed by atoms with E-state index in [0.29, 0.717) is 12.5 Å². The van der Waals surface area contributed by atoms with Gasteiger partial charge in [0.05, 0.1) is 0 Å². The van der Waals surface area contributed by atoms with E-state index >= 15 is 0 Å². The average molecular weight is 249 g/mol. The van der Waals surface area contributed by atoms with Crippen LogP contribution in [0, 0.1) is 0 Å². The summed E-state index contributed by atoms with van der Waals surface area (Å²) in [5.74, 6) is -1.05. The highest BCUT2D eigenvalue weighted by atomic mass is 16.4. The minimum Gasteiger partial charge on any atom is -0.481 e. The molecule has 1 rings (SSSR count). The fraction of sp³-hybridized carbons (Fsp3) is 0.429. The maximum atomic E-state index is 11.2. The largest absolute Gasteiger partial charge is 0.481 e. The van der Waals surface area contributed by atoms with E-state index in [1.165, 1.54) is 5.56 Å². The topological polar surface area (TPSA) is 66.4 Å². The van der Waals surface area contributed by atoms with Crippen molar-refractivity contribution >= 4 is 11.9 Å². The molecule has 0 aliphatic heterocycles. The molecule has 0 radical (unpaired) electrons. The normalized spacial score (nSPS) is 11.9. The Morgan fingerprint density at radius 1 is 1.28 bits per heavy atom. The molecule has 18 heavy (non-hydrogen) atoms. The average Bonchev–Trinajstić information content (AvgIpc) is 2.35. The van der Waals surface area contributed by atoms with Gasteiger partial charge in [-0.15, -0.1) is 0 Å². The Labute approximate surface area is 107 Å². The van der Waals surface area contributed by atoms with E-state index in [9.17, 15) is 9.59 Å². The number of hydrogen-bond acceptors (Lipinski definition) is 2. The molecular weight excluding hydrogens is 230 g/mol. The first-order valence-electron chi connectivity index (χ1n) is 6.10. The van der Waals surface area contributed by atoms with Gasteiger partial charge in [0.15, 0.2) is 0 Å². The molecule has 98 valence electrons. The third-order valence-electron chi connectivity index (χ3n) is 2.96. The Morgan fingerprint density at radius 3 is 2.39 bits per heavy atom. The summed E-state index contributed by atoms with van der Waals surface area (Å²) in [6, 6.07) is 8.02. The number of carboxylic acids is 1. The molecule has 0 saturated carbocycles. The van der Waals surface area contributed by atoms with Gasteiger partial charge in [-0.05, 0) is 23.5 Å². The van der Waals surface area contributed by atoms with E-state index in [2.05, 4.69) is 19.2 Å². The molecule has 0 fully saturated rings. The van der Waals surface area contributed by atoms with Crippen LogP contribution in [0.2, 0.25) is 0 Å². The van der Waals surface area contributed by atoms with Crippen LogP contribution in [-0.4, -0.2) is 17.0 Å². The molecule has 0 spiro atoms. The Hall–Kier alpha value is -1.84. The van der Waals surface area contributed by atoms with Crippen LogP contribution < -0.4 is 5.32 Å². The Morgan fingerprint density at radius 2 is 1.89 bits per heavy atom. The van der Waals surface area contributed by atoms with Crippen molar-refractivity contribution in [1.29, 1.82) is 0 Å². The van der Waals surface area contributed by atoms with E-state index in [1.807, 2.05) is 24.3 Å². The first-order chi connectivity index (χ1) is 8.52. The van der Waals surface area contributed by atoms with Crippen molar-refractivity contribution in [1.82, 2.24) is 5.32 Å². The number of aliphatic carboxylic acids is 1. The SMILES string of the molecule is CCC(C)c1ccc(CNC(=O)CC(=O)O)cc1. The number of nitrogens with one attached hydrogen (secondary N) is 1. The van der Waals surface area contributed by atoms with Gasteiger partial charge < -0.3 is 10.4 Å². The van der Waals surface area contributed by atoms with Crippen molar-refractivity contribution in [2.24, 2.45) is 0 Å². The Balaban J connectivity index is 2.49. The molecule has 0 aliphatic rings. The highest BCUT2D eigenvalue weighted by Gasteiger charge is 2.07. The molecule has 1 unspecified atom stereocenters. The molecule has 1 aromatic rings. The van der Waals surface area contributed by atoms with Crippen LogP contribution in [0.15, 0.2) is 24.3 Å². The van der Waals surface area contributed by atoms with Crippen molar-refractivity contribution < 1.29 is 14.7 Å². The van der Waals surface area contributed by atoms with Crippen molar-refractivity contribution in [3.05, 3.63) is 35.4 Å². The number of amides is 1. The highest BCUT2D eigenvalue weighted by Crippen LogP contribution is 2.18. The first-order valence-corrected chi connectivity index (χ1v) is 6.10. The zero-order valence-electron chi connectivity index (χ0n) is 10.8. The number of carboxylic acid groups (broad SMARTS) is 1. The van der Waals surface area contributed by atoms with Crippen LogP contribution in [-0.2, 0) is 16.1 Å². The second-order valence-electron chi connectivity index (χ2n) is 4.40. The second kappa shape index (κ2) is 6.79. The number of rotatable bonds is 6. The second-order valence-corrected chi connectivity index (χ2v) is 4.40. The van der Waals surface area contributed by atoms with E-state index < -0.39 is 18.3 Å². The molecule has 0 saturated heterocycles. The third-order valence-corrected chi connectivity index (χ3v) is 2.96. The van der Waals surface area contributed by atoms with E-state index in [0.717, 1.165) is 12.0 Å². The third kappa shape index (κ3) is 4.57. The van der Waals surface area contributed by atoms with E-state index in [4.69, 9.17) is 5.11 Å². The Bertz CT molecular complexity index is 412. The van der Waals surface area contributed by atoms with Gasteiger partial charge in [-0.3, -0.25) is 9.59 Å². The summed E-state index contributed by atoms with van der Waals surface area (Å²) in [5.41, 5.74) is 2.25. The monoisotopic (exact) mass is 249 g/mol. The highest BCUT2D eigenvalue weighted by molar-refractivity contribution is 5.93. The number of carbonyl (C=O) groups excluding carboxylic acids is 1. The molecule has 0 bridgehead atoms. The lowest BCUT2D eigenvalue weighted by Crippen LogP contribution is -2.25. The van der Waals surface area contributed by atoms with E-state index in [-0.39, 0.29) is 0 Å². The molecule has 0 aliphatic carbocycles. The molecule has 0 aromatic heterocycles. The summed E-state index contributed by atoms with van der Waals surface area (Å²) < 4.78 is 0. The van der Waals surface area contributed by atoms with Crippen LogP contribution in [0.3, 0.4) is 0 Å². The lowest BCUT2D eigenvalue weighted by Gasteiger charge is -2.10. The van der Waals surface area contributed by atoms with Crippen LogP contribution >= 0.6 is 0 Å². The smallest absolute Gasteiger partial charge is 0.312 e. The zero-order valence-corrected chi connectivity index (χ0v) is 10.8. The predicted molar refractivity (Wildman–Crippen MR) is 69.2 cm³/mol. The molecule has 4 nitrogen and oxygen atoms in total. The number of carbonyl (C=O) groups is 2. The van der Waals surface area contributed by atoms with Crippen LogP contribution in [0.1, 0.15) is 43.7 Å². The van der Waals surface area contributed by atoms with Gasteiger partial charge >= 0.3 is 5.97 Å². The first kappa shape index (κ1) is 14.2. The van der Waals surface area contributed by atoms with E-state index in [1.54, 1.807) is 0 Å². The van der Waals surface area contributed by atoms with Crippen LogP contribution in [0.25, 0.3) is 0 Å². The summed E-state index contributed by atoms with van der Waals surface area (Å²) >= 11 is 0. The standard InChI is InChI=1S/C14H19NO3/c1-3-10(2)12-6-4-11(5-7-12)9-15-13(16)8-14(17)18/h4-7,10H,3,8-9H2,1-2H3,(H,15,16)(H,17,18). The maximum Gasteiger partial charge on any atom is 0.312 e. The fourth-order valence-electron chi connectivity index (χ4n) is 1.60. The lowest BCUT2D eigenvalue weighted by atomic mass is 9.98. The van der Waals surface area contributed by atoms with Crippen molar-refractivity contribution in [2.75, 3.05) is 0 Å². The minimum atomic E-state index is -1.11. The van der Waals surface area contributed by atoms with Gasteiger partial charge in [-0.2, -0.15) is 0 Å². The maximum absolute atomic E-state index is 11.2. The minimum absolute atomic E-state index is 0.368. The van der Waals surface area contributed by atoms with Gasteiger partial charge in [-0.25, -0.2) is 0 Å². The molecule has 2 N–H and O–H groups in total. The molecule has 1 atom stereocenters. The Kier molecular flexibility index (Phi) is 5.36. The lowest BCUT2D eigenvalue weighted by molar-refractivity contribution is -0.140.